The Morgan fingerprint density at radius 1 is 0.710 bits per heavy atom. The summed E-state index contributed by atoms with van der Waals surface area (Å²) in [5, 5.41) is 22.5. The maximum atomic E-state index is 11.3. The molecule has 2 aromatic rings. The van der Waals surface area contributed by atoms with Crippen molar-refractivity contribution in [2.45, 2.75) is 98.3 Å². The van der Waals surface area contributed by atoms with Gasteiger partial charge in [0.05, 0.1) is 0 Å². The number of hydrogen-bond donors (Lipinski definition) is 2. The first-order chi connectivity index (χ1) is 13.9. The van der Waals surface area contributed by atoms with Crippen LogP contribution >= 0.6 is 0 Å². The van der Waals surface area contributed by atoms with Gasteiger partial charge in [-0.25, -0.2) is 0 Å². The Balaban J connectivity index is 2.87. The third-order valence-corrected chi connectivity index (χ3v) is 6.21. The van der Waals surface area contributed by atoms with Crippen molar-refractivity contribution in [2.75, 3.05) is 0 Å². The number of phenols is 2. The second-order valence-electron chi connectivity index (χ2n) is 12.2. The molecule has 2 aromatic carbocycles. The third kappa shape index (κ3) is 5.17. The molecule has 2 nitrogen and oxygen atoms in total. The molecule has 1 atom stereocenters. The van der Waals surface area contributed by atoms with Crippen molar-refractivity contribution in [2.24, 2.45) is 0 Å². The second-order valence-corrected chi connectivity index (χ2v) is 12.2. The van der Waals surface area contributed by atoms with Crippen molar-refractivity contribution in [1.29, 1.82) is 0 Å². The Bertz CT molecular complexity index is 989. The number of hydrogen-bond acceptors (Lipinski definition) is 2. The SMILES string of the molecule is C=C(C)c1cc(C(C)(C)C)cc(C(C)c2cc(C(C)(C)C)cc(C(C)(C)C)c2O)c1O. The van der Waals surface area contributed by atoms with E-state index in [1.54, 1.807) is 0 Å². The van der Waals surface area contributed by atoms with Crippen molar-refractivity contribution in [3.05, 3.63) is 64.2 Å². The van der Waals surface area contributed by atoms with E-state index in [-0.39, 0.29) is 27.9 Å². The largest absolute Gasteiger partial charge is 0.507 e. The maximum Gasteiger partial charge on any atom is 0.126 e. The van der Waals surface area contributed by atoms with Crippen molar-refractivity contribution in [3.63, 3.8) is 0 Å². The molecule has 1 unspecified atom stereocenters. The fraction of sp³-hybridized carbons (Fsp3) is 0.517. The van der Waals surface area contributed by atoms with Gasteiger partial charge in [-0.3, -0.25) is 0 Å². The lowest BCUT2D eigenvalue weighted by Gasteiger charge is -2.30. The lowest BCUT2D eigenvalue weighted by atomic mass is 9.75. The molecule has 0 saturated carbocycles. The molecule has 0 saturated heterocycles. The molecule has 0 fully saturated rings. The second kappa shape index (κ2) is 8.04. The monoisotopic (exact) mass is 422 g/mol. The predicted molar refractivity (Wildman–Crippen MR) is 135 cm³/mol. The number of allylic oxidation sites excluding steroid dienone is 1. The summed E-state index contributed by atoms with van der Waals surface area (Å²) >= 11 is 0. The van der Waals surface area contributed by atoms with Gasteiger partial charge in [0.25, 0.3) is 0 Å². The molecule has 0 spiro atoms. The summed E-state index contributed by atoms with van der Waals surface area (Å²) in [6.07, 6.45) is 0. The highest BCUT2D eigenvalue weighted by atomic mass is 16.3. The first kappa shape index (κ1) is 25.0. The molecule has 0 radical (unpaired) electrons. The highest BCUT2D eigenvalue weighted by Gasteiger charge is 2.29. The molecule has 0 aliphatic carbocycles. The molecule has 0 heterocycles. The number of rotatable bonds is 3. The van der Waals surface area contributed by atoms with E-state index < -0.39 is 0 Å². The molecule has 2 heteroatoms. The molecular formula is C29H42O2. The van der Waals surface area contributed by atoms with Gasteiger partial charge in [-0.05, 0) is 51.5 Å². The molecule has 0 amide bonds. The normalized spacial score (nSPS) is 13.9. The van der Waals surface area contributed by atoms with Gasteiger partial charge in [-0.15, -0.1) is 0 Å². The van der Waals surface area contributed by atoms with Crippen LogP contribution < -0.4 is 0 Å². The Kier molecular flexibility index (Phi) is 6.50. The van der Waals surface area contributed by atoms with Crippen LogP contribution in [-0.2, 0) is 16.2 Å². The molecule has 2 N–H and O–H groups in total. The van der Waals surface area contributed by atoms with Gasteiger partial charge < -0.3 is 10.2 Å². The average Bonchev–Trinajstić information content (AvgIpc) is 2.58. The topological polar surface area (TPSA) is 40.5 Å². The standard InChI is InChI=1S/C29H42O2/c1-17(2)21-13-19(27(4,5)6)14-22(25(21)30)18(3)23-15-20(28(7,8)9)16-24(26(23)31)29(10,11)12/h13-16,18,30-31H,1H2,2-12H3. The lowest BCUT2D eigenvalue weighted by Crippen LogP contribution is -2.18. The summed E-state index contributed by atoms with van der Waals surface area (Å²) in [4.78, 5) is 0. The number of benzene rings is 2. The van der Waals surface area contributed by atoms with Crippen LogP contribution in [0.2, 0.25) is 0 Å². The van der Waals surface area contributed by atoms with Crippen LogP contribution in [0.4, 0.5) is 0 Å². The van der Waals surface area contributed by atoms with E-state index in [1.807, 2.05) is 13.0 Å². The van der Waals surface area contributed by atoms with Gasteiger partial charge in [0.2, 0.25) is 0 Å². The van der Waals surface area contributed by atoms with Crippen molar-refractivity contribution < 1.29 is 10.2 Å². The molecule has 31 heavy (non-hydrogen) atoms. The van der Waals surface area contributed by atoms with Gasteiger partial charge >= 0.3 is 0 Å². The van der Waals surface area contributed by atoms with E-state index in [0.29, 0.717) is 5.75 Å². The molecular weight excluding hydrogens is 380 g/mol. The van der Waals surface area contributed by atoms with Gasteiger partial charge in [-0.2, -0.15) is 0 Å². The van der Waals surface area contributed by atoms with Crippen molar-refractivity contribution in [1.82, 2.24) is 0 Å². The quantitative estimate of drug-likeness (QED) is 0.523. The van der Waals surface area contributed by atoms with Crippen LogP contribution in [0.1, 0.15) is 115 Å². The summed E-state index contributed by atoms with van der Waals surface area (Å²) in [7, 11) is 0. The van der Waals surface area contributed by atoms with Crippen molar-refractivity contribution >= 4 is 5.57 Å². The van der Waals surface area contributed by atoms with Gasteiger partial charge in [0.15, 0.2) is 0 Å². The van der Waals surface area contributed by atoms with Gasteiger partial charge in [0.1, 0.15) is 11.5 Å². The summed E-state index contributed by atoms with van der Waals surface area (Å²) in [6.45, 7) is 27.5. The summed E-state index contributed by atoms with van der Waals surface area (Å²) in [5.74, 6) is 0.403. The number of aromatic hydroxyl groups is 2. The van der Waals surface area contributed by atoms with Crippen molar-refractivity contribution in [3.8, 4) is 11.5 Å². The first-order valence-corrected chi connectivity index (χ1v) is 11.3. The smallest absolute Gasteiger partial charge is 0.126 e. The van der Waals surface area contributed by atoms with Gasteiger partial charge in [-0.1, -0.05) is 94.0 Å². The summed E-state index contributed by atoms with van der Waals surface area (Å²) in [5.41, 5.74) is 6.23. The highest BCUT2D eigenvalue weighted by molar-refractivity contribution is 5.71. The average molecular weight is 423 g/mol. The van der Waals surface area contributed by atoms with E-state index in [9.17, 15) is 10.2 Å². The van der Waals surface area contributed by atoms with E-state index in [1.165, 1.54) is 5.56 Å². The Hall–Kier alpha value is -2.22. The molecule has 170 valence electrons. The number of phenolic OH excluding ortho intramolecular Hbond substituents is 2. The van der Waals surface area contributed by atoms with E-state index in [2.05, 4.69) is 94.0 Å². The molecule has 0 aromatic heterocycles. The fourth-order valence-electron chi connectivity index (χ4n) is 3.90. The van der Waals surface area contributed by atoms with Crippen LogP contribution in [0.15, 0.2) is 30.8 Å². The van der Waals surface area contributed by atoms with Crippen LogP contribution in [0.5, 0.6) is 11.5 Å². The predicted octanol–water partition coefficient (Wildman–Crippen LogP) is 8.18. The van der Waals surface area contributed by atoms with Crippen LogP contribution in [-0.4, -0.2) is 10.2 Å². The molecule has 0 aliphatic heterocycles. The zero-order valence-electron chi connectivity index (χ0n) is 21.5. The Morgan fingerprint density at radius 2 is 1.13 bits per heavy atom. The molecule has 0 aliphatic rings. The van der Waals surface area contributed by atoms with E-state index in [0.717, 1.165) is 33.4 Å². The highest BCUT2D eigenvalue weighted by Crippen LogP contribution is 2.45. The van der Waals surface area contributed by atoms with E-state index in [4.69, 9.17) is 0 Å². The summed E-state index contributed by atoms with van der Waals surface area (Å²) < 4.78 is 0. The maximum absolute atomic E-state index is 11.3. The first-order valence-electron chi connectivity index (χ1n) is 11.3. The minimum absolute atomic E-state index is 0.0552. The van der Waals surface area contributed by atoms with Gasteiger partial charge in [0, 0.05) is 22.6 Å². The lowest BCUT2D eigenvalue weighted by molar-refractivity contribution is 0.433. The molecule has 2 rings (SSSR count). The Labute approximate surface area is 190 Å². The van der Waals surface area contributed by atoms with Crippen LogP contribution in [0.25, 0.3) is 5.57 Å². The van der Waals surface area contributed by atoms with Crippen LogP contribution in [0, 0.1) is 0 Å². The third-order valence-electron chi connectivity index (χ3n) is 6.21. The zero-order valence-corrected chi connectivity index (χ0v) is 21.5. The van der Waals surface area contributed by atoms with E-state index >= 15 is 0 Å². The zero-order chi connectivity index (χ0) is 24.1. The van der Waals surface area contributed by atoms with Crippen LogP contribution in [0.3, 0.4) is 0 Å². The molecule has 0 bridgehead atoms. The Morgan fingerprint density at radius 3 is 1.52 bits per heavy atom. The minimum Gasteiger partial charge on any atom is -0.507 e. The summed E-state index contributed by atoms with van der Waals surface area (Å²) in [6, 6.07) is 8.38. The minimum atomic E-state index is -0.196. The fourth-order valence-corrected chi connectivity index (χ4v) is 3.90.